The second kappa shape index (κ2) is 7.00. The molecule has 0 spiro atoms. The second-order valence-electron chi connectivity index (χ2n) is 6.17. The Balaban J connectivity index is 1.52. The van der Waals surface area contributed by atoms with Crippen molar-refractivity contribution >= 4 is 17.6 Å². The Bertz CT molecular complexity index is 785. The molecule has 8 heteroatoms. The number of halogens is 2. The molecule has 6 nitrogen and oxygen atoms in total. The molecule has 1 saturated carbocycles. The van der Waals surface area contributed by atoms with Gasteiger partial charge in [-0.15, -0.1) is 0 Å². The van der Waals surface area contributed by atoms with Crippen LogP contribution in [-0.2, 0) is 9.59 Å². The average Bonchev–Trinajstić information content (AvgIpc) is 3.11. The van der Waals surface area contributed by atoms with Crippen LogP contribution in [-0.4, -0.2) is 28.6 Å². The fourth-order valence-corrected chi connectivity index (χ4v) is 2.59. The van der Waals surface area contributed by atoms with E-state index in [1.54, 1.807) is 0 Å². The van der Waals surface area contributed by atoms with Crippen LogP contribution < -0.4 is 10.6 Å². The van der Waals surface area contributed by atoms with E-state index >= 15 is 0 Å². The lowest BCUT2D eigenvalue weighted by molar-refractivity contribution is -0.122. The maximum Gasteiger partial charge on any atom is 0.227 e. The van der Waals surface area contributed by atoms with Crippen molar-refractivity contribution in [2.75, 3.05) is 11.9 Å². The van der Waals surface area contributed by atoms with Gasteiger partial charge in [0.05, 0.1) is 11.3 Å². The molecule has 3 rings (SSSR count). The molecule has 1 aliphatic carbocycles. The molecule has 0 radical (unpaired) electrons. The molecule has 3 N–H and O–H groups in total. The number of anilines is 1. The van der Waals surface area contributed by atoms with Crippen LogP contribution in [0.25, 0.3) is 11.3 Å². The maximum atomic E-state index is 13.7. The van der Waals surface area contributed by atoms with Crippen molar-refractivity contribution in [3.63, 3.8) is 0 Å². The maximum absolute atomic E-state index is 13.7. The predicted octanol–water partition coefficient (Wildman–Crippen LogP) is 2.46. The van der Waals surface area contributed by atoms with Gasteiger partial charge in [-0.05, 0) is 24.5 Å². The Morgan fingerprint density at radius 2 is 2.00 bits per heavy atom. The lowest BCUT2D eigenvalue weighted by Gasteiger charge is -2.04. The van der Waals surface area contributed by atoms with Crippen molar-refractivity contribution in [1.29, 1.82) is 0 Å². The molecule has 2 aromatic rings. The third kappa shape index (κ3) is 4.01. The highest BCUT2D eigenvalue weighted by atomic mass is 19.1. The fourth-order valence-electron chi connectivity index (χ4n) is 2.59. The first-order valence-corrected chi connectivity index (χ1v) is 8.03. The first-order chi connectivity index (χ1) is 12.0. The summed E-state index contributed by atoms with van der Waals surface area (Å²) in [4.78, 5) is 23.5. The van der Waals surface area contributed by atoms with Crippen LogP contribution >= 0.6 is 0 Å². The monoisotopic (exact) mass is 348 g/mol. The minimum atomic E-state index is -0.724. The van der Waals surface area contributed by atoms with E-state index in [4.69, 9.17) is 0 Å². The molecule has 0 aliphatic heterocycles. The summed E-state index contributed by atoms with van der Waals surface area (Å²) in [6.45, 7) is 2.23. The first kappa shape index (κ1) is 17.1. The van der Waals surface area contributed by atoms with Crippen LogP contribution in [0.2, 0.25) is 0 Å². The smallest absolute Gasteiger partial charge is 0.227 e. The highest BCUT2D eigenvalue weighted by molar-refractivity contribution is 5.91. The predicted molar refractivity (Wildman–Crippen MR) is 87.5 cm³/mol. The summed E-state index contributed by atoms with van der Waals surface area (Å²) in [5.74, 6) is -1.20. The summed E-state index contributed by atoms with van der Waals surface area (Å²) in [6.07, 6.45) is 0.976. The van der Waals surface area contributed by atoms with Crippen molar-refractivity contribution in [3.05, 3.63) is 35.9 Å². The van der Waals surface area contributed by atoms with Crippen molar-refractivity contribution in [2.45, 2.75) is 19.8 Å². The molecule has 1 aliphatic rings. The minimum absolute atomic E-state index is 0.0302. The summed E-state index contributed by atoms with van der Waals surface area (Å²) < 4.78 is 27.5. The highest BCUT2D eigenvalue weighted by Gasteiger charge is 2.38. The zero-order valence-corrected chi connectivity index (χ0v) is 13.6. The van der Waals surface area contributed by atoms with Crippen LogP contribution in [0.1, 0.15) is 19.8 Å². The van der Waals surface area contributed by atoms with E-state index in [9.17, 15) is 18.4 Å². The number of hydrogen-bond donors (Lipinski definition) is 3. The van der Waals surface area contributed by atoms with Gasteiger partial charge in [-0.3, -0.25) is 14.7 Å². The van der Waals surface area contributed by atoms with Gasteiger partial charge < -0.3 is 10.6 Å². The van der Waals surface area contributed by atoms with Gasteiger partial charge in [0, 0.05) is 24.9 Å². The molecule has 132 valence electrons. The highest BCUT2D eigenvalue weighted by Crippen LogP contribution is 2.37. The van der Waals surface area contributed by atoms with Crippen LogP contribution in [0.15, 0.2) is 24.3 Å². The number of amides is 2. The first-order valence-electron chi connectivity index (χ1n) is 8.03. The summed E-state index contributed by atoms with van der Waals surface area (Å²) in [7, 11) is 0. The third-order valence-corrected chi connectivity index (χ3v) is 4.17. The number of hydrogen-bond acceptors (Lipinski definition) is 3. The van der Waals surface area contributed by atoms with Crippen LogP contribution in [0, 0.1) is 23.5 Å². The van der Waals surface area contributed by atoms with E-state index in [0.29, 0.717) is 5.92 Å². The molecule has 0 unspecified atom stereocenters. The number of aromatic amines is 1. The molecule has 1 heterocycles. The number of nitrogens with one attached hydrogen (secondary N) is 3. The summed E-state index contributed by atoms with van der Waals surface area (Å²) >= 11 is 0. The van der Waals surface area contributed by atoms with Gasteiger partial charge in [0.15, 0.2) is 5.82 Å². The number of carbonyl (C=O) groups is 2. The topological polar surface area (TPSA) is 86.9 Å². The number of aromatic nitrogens is 2. The van der Waals surface area contributed by atoms with E-state index in [-0.39, 0.29) is 47.8 Å². The number of carbonyl (C=O) groups excluding carboxylic acids is 2. The van der Waals surface area contributed by atoms with E-state index in [1.165, 1.54) is 12.1 Å². The van der Waals surface area contributed by atoms with Crippen molar-refractivity contribution < 1.29 is 18.4 Å². The molecule has 25 heavy (non-hydrogen) atoms. The Morgan fingerprint density at radius 3 is 2.64 bits per heavy atom. The molecule has 2 atom stereocenters. The van der Waals surface area contributed by atoms with Gasteiger partial charge in [-0.2, -0.15) is 5.10 Å². The van der Waals surface area contributed by atoms with Gasteiger partial charge in [0.25, 0.3) is 0 Å². The van der Waals surface area contributed by atoms with Gasteiger partial charge >= 0.3 is 0 Å². The SMILES string of the molecule is C[C@@H]1C[C@@H]1C(=O)NCCC(=O)Nc1cc(-c2c(F)cccc2F)[nH]n1. The average molecular weight is 348 g/mol. The number of H-pyrrole nitrogens is 1. The Kier molecular flexibility index (Phi) is 4.78. The quantitative estimate of drug-likeness (QED) is 0.749. The molecule has 2 amide bonds. The van der Waals surface area contributed by atoms with Crippen molar-refractivity contribution in [2.24, 2.45) is 11.8 Å². The van der Waals surface area contributed by atoms with Gasteiger partial charge in [-0.25, -0.2) is 8.78 Å². The lowest BCUT2D eigenvalue weighted by Crippen LogP contribution is -2.29. The molecular formula is C17H18F2N4O2. The van der Waals surface area contributed by atoms with Crippen LogP contribution in [0.5, 0.6) is 0 Å². The summed E-state index contributed by atoms with van der Waals surface area (Å²) in [6, 6.07) is 4.90. The summed E-state index contributed by atoms with van der Waals surface area (Å²) in [5, 5.41) is 11.6. The van der Waals surface area contributed by atoms with Gasteiger partial charge in [0.2, 0.25) is 11.8 Å². The number of benzene rings is 1. The van der Waals surface area contributed by atoms with Gasteiger partial charge in [0.1, 0.15) is 11.6 Å². The fraction of sp³-hybridized carbons (Fsp3) is 0.353. The van der Waals surface area contributed by atoms with Crippen LogP contribution in [0.4, 0.5) is 14.6 Å². The zero-order chi connectivity index (χ0) is 18.0. The molecule has 0 saturated heterocycles. The van der Waals surface area contributed by atoms with Crippen molar-refractivity contribution in [3.8, 4) is 11.3 Å². The van der Waals surface area contributed by atoms with Gasteiger partial charge in [-0.1, -0.05) is 13.0 Å². The molecular weight excluding hydrogens is 330 g/mol. The normalized spacial score (nSPS) is 18.7. The lowest BCUT2D eigenvalue weighted by atomic mass is 10.1. The minimum Gasteiger partial charge on any atom is -0.355 e. The van der Waals surface area contributed by atoms with Crippen molar-refractivity contribution in [1.82, 2.24) is 15.5 Å². The zero-order valence-electron chi connectivity index (χ0n) is 13.6. The van der Waals surface area contributed by atoms with E-state index in [2.05, 4.69) is 20.8 Å². The van der Waals surface area contributed by atoms with E-state index in [0.717, 1.165) is 18.6 Å². The van der Waals surface area contributed by atoms with Crippen LogP contribution in [0.3, 0.4) is 0 Å². The third-order valence-electron chi connectivity index (χ3n) is 4.17. The number of nitrogens with zero attached hydrogens (tertiary/aromatic N) is 1. The molecule has 1 aromatic heterocycles. The summed E-state index contributed by atoms with van der Waals surface area (Å²) in [5.41, 5.74) is -0.108. The molecule has 0 bridgehead atoms. The standard InChI is InChI=1S/C17H18F2N4O2/c1-9-7-10(9)17(25)20-6-5-15(24)21-14-8-13(22-23-14)16-11(18)3-2-4-12(16)19/h2-4,8-10H,5-7H2,1H3,(H,20,25)(H2,21,22,23,24)/t9-,10+/m1/s1. The van der Waals surface area contributed by atoms with E-state index < -0.39 is 11.6 Å². The Hall–Kier alpha value is -2.77. The number of rotatable bonds is 6. The second-order valence-corrected chi connectivity index (χ2v) is 6.17. The Labute approximate surface area is 143 Å². The molecule has 1 fully saturated rings. The largest absolute Gasteiger partial charge is 0.355 e. The Morgan fingerprint density at radius 1 is 1.32 bits per heavy atom. The van der Waals surface area contributed by atoms with E-state index in [1.807, 2.05) is 6.92 Å². The molecule has 1 aromatic carbocycles.